The molecule has 0 spiro atoms. The molecule has 2 saturated heterocycles. The Morgan fingerprint density at radius 1 is 1.28 bits per heavy atom. The lowest BCUT2D eigenvalue weighted by atomic mass is 10.1. The molecule has 2 heterocycles. The predicted molar refractivity (Wildman–Crippen MR) is 114 cm³/mol. The van der Waals surface area contributed by atoms with Gasteiger partial charge in [0.15, 0.2) is 17.3 Å². The van der Waals surface area contributed by atoms with E-state index in [-0.39, 0.29) is 17.8 Å². The van der Waals surface area contributed by atoms with E-state index >= 15 is 0 Å². The van der Waals surface area contributed by atoms with Crippen LogP contribution >= 0.6 is 11.8 Å². The lowest BCUT2D eigenvalue weighted by Crippen LogP contribution is -2.44. The number of carbonyl (C=O) groups excluding carboxylic acids is 2. The number of rotatable bonds is 10. The van der Waals surface area contributed by atoms with Gasteiger partial charge in [-0.25, -0.2) is 0 Å². The van der Waals surface area contributed by atoms with Gasteiger partial charge in [0.2, 0.25) is 5.91 Å². The molecule has 6 nitrogen and oxygen atoms in total. The molecule has 0 bridgehead atoms. The molecule has 0 radical (unpaired) electrons. The largest absolute Gasteiger partial charge is 0.493 e. The van der Waals surface area contributed by atoms with Crippen molar-refractivity contribution >= 4 is 23.5 Å². The number of hydrogen-bond donors (Lipinski definition) is 0. The summed E-state index contributed by atoms with van der Waals surface area (Å²) in [6.45, 7) is 3.47. The summed E-state index contributed by atoms with van der Waals surface area (Å²) in [6.07, 6.45) is 4.48. The molecular formula is C22H31NO5S. The quantitative estimate of drug-likeness (QED) is 0.425. The Hall–Kier alpha value is -1.73. The van der Waals surface area contributed by atoms with Gasteiger partial charge in [0.05, 0.1) is 19.8 Å². The molecule has 0 aliphatic carbocycles. The summed E-state index contributed by atoms with van der Waals surface area (Å²) in [5.41, 5.74) is 0.587. The third-order valence-electron chi connectivity index (χ3n) is 5.45. The summed E-state index contributed by atoms with van der Waals surface area (Å²) in [7, 11) is 1.55. The number of benzene rings is 1. The third-order valence-corrected chi connectivity index (χ3v) is 6.60. The van der Waals surface area contributed by atoms with Crippen LogP contribution in [0.4, 0.5) is 0 Å². The van der Waals surface area contributed by atoms with Gasteiger partial charge in [-0.3, -0.25) is 9.59 Å². The summed E-state index contributed by atoms with van der Waals surface area (Å²) < 4.78 is 16.9. The van der Waals surface area contributed by atoms with Gasteiger partial charge >= 0.3 is 0 Å². The molecule has 0 N–H and O–H groups in total. The van der Waals surface area contributed by atoms with E-state index in [2.05, 4.69) is 4.90 Å². The normalized spacial score (nSPS) is 21.2. The molecule has 1 aromatic rings. The summed E-state index contributed by atoms with van der Waals surface area (Å²) in [5.74, 6) is 3.45. The van der Waals surface area contributed by atoms with Gasteiger partial charge in [-0.15, -0.1) is 0 Å². The van der Waals surface area contributed by atoms with Crippen molar-refractivity contribution < 1.29 is 23.8 Å². The number of amides is 1. The molecule has 29 heavy (non-hydrogen) atoms. The number of ketones is 1. The van der Waals surface area contributed by atoms with E-state index in [9.17, 15) is 9.59 Å². The average molecular weight is 422 g/mol. The summed E-state index contributed by atoms with van der Waals surface area (Å²) in [4.78, 5) is 26.5. The van der Waals surface area contributed by atoms with E-state index in [1.807, 2.05) is 11.8 Å². The number of thioether (sulfide) groups is 1. The van der Waals surface area contributed by atoms with Crippen molar-refractivity contribution in [2.24, 2.45) is 0 Å². The monoisotopic (exact) mass is 421 g/mol. The van der Waals surface area contributed by atoms with Crippen molar-refractivity contribution in [2.45, 2.75) is 51.2 Å². The molecule has 1 aromatic carbocycles. The van der Waals surface area contributed by atoms with Crippen LogP contribution in [0, 0.1) is 0 Å². The second kappa shape index (κ2) is 10.9. The third kappa shape index (κ3) is 6.12. The Kier molecular flexibility index (Phi) is 8.24. The highest BCUT2D eigenvalue weighted by atomic mass is 32.2. The molecule has 160 valence electrons. The Morgan fingerprint density at radius 2 is 2.14 bits per heavy atom. The zero-order valence-corrected chi connectivity index (χ0v) is 18.2. The SMILES string of the molecule is COc1cc(C(C)=O)ccc1OCCCC(=O)N(CC1CCCO1)C1CCSC1. The van der Waals surface area contributed by atoms with Gasteiger partial charge in [0.1, 0.15) is 0 Å². The van der Waals surface area contributed by atoms with E-state index < -0.39 is 0 Å². The van der Waals surface area contributed by atoms with Gasteiger partial charge in [0.25, 0.3) is 0 Å². The van der Waals surface area contributed by atoms with Crippen molar-refractivity contribution in [3.63, 3.8) is 0 Å². The number of Topliss-reactive ketones (excluding diaryl/α,β-unsaturated/α-hetero) is 1. The maximum absolute atomic E-state index is 12.9. The van der Waals surface area contributed by atoms with Gasteiger partial charge in [-0.05, 0) is 56.6 Å². The highest BCUT2D eigenvalue weighted by Gasteiger charge is 2.30. The summed E-state index contributed by atoms with van der Waals surface area (Å²) in [5, 5.41) is 0. The number of carbonyl (C=O) groups is 2. The fraction of sp³-hybridized carbons (Fsp3) is 0.636. The Bertz CT molecular complexity index is 698. The van der Waals surface area contributed by atoms with Crippen LogP contribution in [0.2, 0.25) is 0 Å². The smallest absolute Gasteiger partial charge is 0.223 e. The van der Waals surface area contributed by atoms with E-state index in [1.54, 1.807) is 25.3 Å². The molecule has 2 aliphatic rings. The molecule has 2 fully saturated rings. The molecule has 2 unspecified atom stereocenters. The molecule has 7 heteroatoms. The fourth-order valence-corrected chi connectivity index (χ4v) is 5.01. The molecule has 2 aliphatic heterocycles. The highest BCUT2D eigenvalue weighted by Crippen LogP contribution is 2.29. The van der Waals surface area contributed by atoms with Crippen LogP contribution in [0.1, 0.15) is 49.4 Å². The predicted octanol–water partition coefficient (Wildman–Crippen LogP) is 3.57. The van der Waals surface area contributed by atoms with Gasteiger partial charge < -0.3 is 19.1 Å². The van der Waals surface area contributed by atoms with Crippen molar-refractivity contribution in [1.82, 2.24) is 4.90 Å². The second-order valence-corrected chi connectivity index (χ2v) is 8.72. The molecule has 3 rings (SSSR count). The van der Waals surface area contributed by atoms with Crippen LogP contribution in [0.15, 0.2) is 18.2 Å². The van der Waals surface area contributed by atoms with Gasteiger partial charge in [0, 0.05) is 36.9 Å². The first-order valence-electron chi connectivity index (χ1n) is 10.4. The van der Waals surface area contributed by atoms with Crippen LogP contribution in [0.5, 0.6) is 11.5 Å². The van der Waals surface area contributed by atoms with Crippen LogP contribution in [0.3, 0.4) is 0 Å². The molecule has 0 saturated carbocycles. The average Bonchev–Trinajstić information content (AvgIpc) is 3.43. The maximum atomic E-state index is 12.9. The zero-order chi connectivity index (χ0) is 20.6. The molecule has 1 amide bonds. The second-order valence-electron chi connectivity index (χ2n) is 7.57. The van der Waals surface area contributed by atoms with Crippen LogP contribution < -0.4 is 9.47 Å². The molecule has 0 aromatic heterocycles. The minimum atomic E-state index is -0.0168. The van der Waals surface area contributed by atoms with Gasteiger partial charge in [-0.2, -0.15) is 11.8 Å². The maximum Gasteiger partial charge on any atom is 0.223 e. The number of hydrogen-bond acceptors (Lipinski definition) is 6. The summed E-state index contributed by atoms with van der Waals surface area (Å²) >= 11 is 1.92. The lowest BCUT2D eigenvalue weighted by Gasteiger charge is -2.31. The first-order valence-corrected chi connectivity index (χ1v) is 11.5. The zero-order valence-electron chi connectivity index (χ0n) is 17.4. The first-order chi connectivity index (χ1) is 14.1. The number of ether oxygens (including phenoxy) is 3. The van der Waals surface area contributed by atoms with Crippen LogP contribution in [-0.4, -0.2) is 67.1 Å². The highest BCUT2D eigenvalue weighted by molar-refractivity contribution is 7.99. The Balaban J connectivity index is 1.50. The molecule has 2 atom stereocenters. The fourth-order valence-electron chi connectivity index (χ4n) is 3.79. The van der Waals surface area contributed by atoms with Crippen LogP contribution in [0.25, 0.3) is 0 Å². The lowest BCUT2D eigenvalue weighted by molar-refractivity contribution is -0.135. The Labute approximate surface area is 177 Å². The summed E-state index contributed by atoms with van der Waals surface area (Å²) in [6, 6.07) is 5.49. The topological polar surface area (TPSA) is 65.1 Å². The van der Waals surface area contributed by atoms with Crippen molar-refractivity contribution in [3.05, 3.63) is 23.8 Å². The first kappa shape index (κ1) is 22.0. The van der Waals surface area contributed by atoms with Crippen LogP contribution in [-0.2, 0) is 9.53 Å². The number of nitrogens with zero attached hydrogens (tertiary/aromatic N) is 1. The van der Waals surface area contributed by atoms with E-state index in [4.69, 9.17) is 14.2 Å². The van der Waals surface area contributed by atoms with Gasteiger partial charge in [-0.1, -0.05) is 0 Å². The van der Waals surface area contributed by atoms with Crippen molar-refractivity contribution in [3.8, 4) is 11.5 Å². The molecular weight excluding hydrogens is 390 g/mol. The van der Waals surface area contributed by atoms with E-state index in [0.29, 0.717) is 49.1 Å². The van der Waals surface area contributed by atoms with E-state index in [1.165, 1.54) is 6.92 Å². The minimum absolute atomic E-state index is 0.0168. The minimum Gasteiger partial charge on any atom is -0.493 e. The Morgan fingerprint density at radius 3 is 2.79 bits per heavy atom. The van der Waals surface area contributed by atoms with Crippen molar-refractivity contribution in [1.29, 1.82) is 0 Å². The number of methoxy groups -OCH3 is 1. The standard InChI is InChI=1S/C22H31NO5S/c1-16(24)17-7-8-20(21(13-17)26-2)28-11-4-6-22(25)23(18-9-12-29-15-18)14-19-5-3-10-27-19/h7-8,13,18-19H,3-6,9-12,14-15H2,1-2H3. The van der Waals surface area contributed by atoms with E-state index in [0.717, 1.165) is 37.4 Å². The van der Waals surface area contributed by atoms with Crippen molar-refractivity contribution in [2.75, 3.05) is 38.4 Å².